The van der Waals surface area contributed by atoms with Crippen LogP contribution >= 0.6 is 0 Å². The van der Waals surface area contributed by atoms with Crippen LogP contribution in [0.2, 0.25) is 0 Å². The van der Waals surface area contributed by atoms with Gasteiger partial charge in [-0.15, -0.1) is 0 Å². The summed E-state index contributed by atoms with van der Waals surface area (Å²) in [5, 5.41) is 3.28. The van der Waals surface area contributed by atoms with Gasteiger partial charge in [0, 0.05) is 22.5 Å². The molecule has 1 aliphatic carbocycles. The predicted molar refractivity (Wildman–Crippen MR) is 128 cm³/mol. The van der Waals surface area contributed by atoms with Crippen LogP contribution in [0.4, 0.5) is 0 Å². The van der Waals surface area contributed by atoms with Gasteiger partial charge in [-0.25, -0.2) is 4.79 Å². The summed E-state index contributed by atoms with van der Waals surface area (Å²) < 4.78 is 16.6. The number of Topliss-reactive ketones (excluding diaryl/α,β-unsaturated/α-hetero) is 1. The molecule has 0 amide bonds. The van der Waals surface area contributed by atoms with Gasteiger partial charge in [0.15, 0.2) is 5.78 Å². The van der Waals surface area contributed by atoms with Crippen molar-refractivity contribution in [3.05, 3.63) is 52.4 Å². The Hall–Kier alpha value is -3.09. The second kappa shape index (κ2) is 11.4. The van der Waals surface area contributed by atoms with Crippen LogP contribution in [-0.4, -0.2) is 38.0 Å². The van der Waals surface area contributed by atoms with Crippen LogP contribution in [0.5, 0.6) is 5.75 Å². The lowest BCUT2D eigenvalue weighted by Crippen LogP contribution is -2.43. The van der Waals surface area contributed by atoms with Gasteiger partial charge in [0.2, 0.25) is 0 Å². The number of para-hydroxylation sites is 1. The number of esters is 2. The average Bonchev–Trinajstić information content (AvgIpc) is 2.82. The van der Waals surface area contributed by atoms with Gasteiger partial charge in [-0.1, -0.05) is 45.4 Å². The standard InChI is InChI=1S/C27H35NO6/c1-6-8-14-33-20-12-10-9-11-18(20)23-22(27(31)34-13-7-2)17(4)28-19-15-16(3)21(26(30)32-5)25(29)24(19)23/h9-12,16,21,23,28H,6-8,13-15H2,1-5H3. The highest BCUT2D eigenvalue weighted by molar-refractivity contribution is 6.12. The van der Waals surface area contributed by atoms with Crippen LogP contribution in [-0.2, 0) is 23.9 Å². The Morgan fingerprint density at radius 3 is 2.53 bits per heavy atom. The molecule has 0 spiro atoms. The summed E-state index contributed by atoms with van der Waals surface area (Å²) in [5.41, 5.74) is 2.86. The lowest BCUT2D eigenvalue weighted by molar-refractivity contribution is -0.151. The minimum Gasteiger partial charge on any atom is -0.493 e. The van der Waals surface area contributed by atoms with Crippen molar-refractivity contribution in [3.8, 4) is 5.75 Å². The van der Waals surface area contributed by atoms with Gasteiger partial charge >= 0.3 is 11.9 Å². The van der Waals surface area contributed by atoms with Crippen molar-refractivity contribution in [1.82, 2.24) is 5.32 Å². The molecule has 7 heteroatoms. The van der Waals surface area contributed by atoms with Gasteiger partial charge in [0.25, 0.3) is 0 Å². The summed E-state index contributed by atoms with van der Waals surface area (Å²) >= 11 is 0. The number of ketones is 1. The Labute approximate surface area is 201 Å². The molecule has 1 heterocycles. The molecule has 0 saturated carbocycles. The molecule has 1 aromatic rings. The third-order valence-electron chi connectivity index (χ3n) is 6.39. The molecule has 1 aromatic carbocycles. The van der Waals surface area contributed by atoms with Crippen LogP contribution in [0.25, 0.3) is 0 Å². The van der Waals surface area contributed by atoms with E-state index in [4.69, 9.17) is 14.2 Å². The number of hydrogen-bond acceptors (Lipinski definition) is 7. The molecular formula is C27H35NO6. The van der Waals surface area contributed by atoms with Crippen molar-refractivity contribution in [1.29, 1.82) is 0 Å². The van der Waals surface area contributed by atoms with Gasteiger partial charge in [-0.2, -0.15) is 0 Å². The van der Waals surface area contributed by atoms with Crippen molar-refractivity contribution in [2.45, 2.75) is 59.3 Å². The summed E-state index contributed by atoms with van der Waals surface area (Å²) in [6.07, 6.45) is 3.04. The van der Waals surface area contributed by atoms with Crippen LogP contribution in [0, 0.1) is 11.8 Å². The molecule has 3 rings (SSSR count). The monoisotopic (exact) mass is 469 g/mol. The number of carbonyl (C=O) groups is 3. The van der Waals surface area contributed by atoms with E-state index >= 15 is 0 Å². The highest BCUT2D eigenvalue weighted by Crippen LogP contribution is 2.47. The van der Waals surface area contributed by atoms with Gasteiger partial charge in [-0.3, -0.25) is 9.59 Å². The molecule has 0 radical (unpaired) electrons. The quantitative estimate of drug-likeness (QED) is 0.325. The molecule has 0 saturated heterocycles. The molecule has 0 aromatic heterocycles. The Balaban J connectivity index is 2.17. The van der Waals surface area contributed by atoms with Crippen molar-refractivity contribution in [3.63, 3.8) is 0 Å². The minimum atomic E-state index is -0.924. The Morgan fingerprint density at radius 1 is 1.12 bits per heavy atom. The van der Waals surface area contributed by atoms with E-state index < -0.39 is 23.8 Å². The highest BCUT2D eigenvalue weighted by Gasteiger charge is 2.47. The largest absolute Gasteiger partial charge is 0.493 e. The highest BCUT2D eigenvalue weighted by atomic mass is 16.5. The molecule has 3 unspecified atom stereocenters. The number of rotatable bonds is 9. The number of unbranched alkanes of at least 4 members (excludes halogenated alkanes) is 1. The third kappa shape index (κ3) is 5.03. The first-order chi connectivity index (χ1) is 16.3. The maximum atomic E-state index is 13.8. The van der Waals surface area contributed by atoms with Crippen molar-refractivity contribution in [2.24, 2.45) is 11.8 Å². The zero-order chi connectivity index (χ0) is 24.8. The summed E-state index contributed by atoms with van der Waals surface area (Å²) in [6.45, 7) is 8.50. The molecule has 1 aliphatic heterocycles. The fourth-order valence-electron chi connectivity index (χ4n) is 4.71. The summed E-state index contributed by atoms with van der Waals surface area (Å²) in [6, 6.07) is 7.46. The first kappa shape index (κ1) is 25.5. The summed E-state index contributed by atoms with van der Waals surface area (Å²) in [5.74, 6) is -2.61. The molecule has 3 atom stereocenters. The van der Waals surface area contributed by atoms with E-state index in [9.17, 15) is 14.4 Å². The molecule has 0 bridgehead atoms. The molecule has 34 heavy (non-hydrogen) atoms. The number of benzene rings is 1. The van der Waals surface area contributed by atoms with Crippen molar-refractivity contribution in [2.75, 3.05) is 20.3 Å². The third-order valence-corrected chi connectivity index (χ3v) is 6.39. The fourth-order valence-corrected chi connectivity index (χ4v) is 4.71. The molecule has 7 nitrogen and oxygen atoms in total. The van der Waals surface area contributed by atoms with Crippen LogP contribution in [0.3, 0.4) is 0 Å². The smallest absolute Gasteiger partial charge is 0.336 e. The Morgan fingerprint density at radius 2 is 1.85 bits per heavy atom. The number of nitrogens with one attached hydrogen (secondary N) is 1. The number of allylic oxidation sites excluding steroid dienone is 3. The minimum absolute atomic E-state index is 0.232. The van der Waals surface area contributed by atoms with Crippen LogP contribution in [0.1, 0.15) is 64.9 Å². The lowest BCUT2D eigenvalue weighted by Gasteiger charge is -2.38. The Bertz CT molecular complexity index is 1010. The van der Waals surface area contributed by atoms with Gasteiger partial charge in [-0.05, 0) is 38.2 Å². The maximum Gasteiger partial charge on any atom is 0.336 e. The number of ether oxygens (including phenoxy) is 3. The molecule has 2 aliphatic rings. The lowest BCUT2D eigenvalue weighted by atomic mass is 9.69. The van der Waals surface area contributed by atoms with Gasteiger partial charge in [0.05, 0.1) is 31.8 Å². The van der Waals surface area contributed by atoms with E-state index in [0.717, 1.165) is 18.5 Å². The molecule has 184 valence electrons. The summed E-state index contributed by atoms with van der Waals surface area (Å²) in [4.78, 5) is 39.6. The summed E-state index contributed by atoms with van der Waals surface area (Å²) in [7, 11) is 1.29. The maximum absolute atomic E-state index is 13.8. The first-order valence-electron chi connectivity index (χ1n) is 12.1. The van der Waals surface area contributed by atoms with E-state index in [0.29, 0.717) is 47.6 Å². The van der Waals surface area contributed by atoms with Gasteiger partial charge < -0.3 is 19.5 Å². The number of dihydropyridines is 1. The van der Waals surface area contributed by atoms with E-state index in [2.05, 4.69) is 12.2 Å². The number of hydrogen-bond donors (Lipinski definition) is 1. The molecular weight excluding hydrogens is 434 g/mol. The first-order valence-corrected chi connectivity index (χ1v) is 12.1. The van der Waals surface area contributed by atoms with Gasteiger partial charge in [0.1, 0.15) is 11.7 Å². The van der Waals surface area contributed by atoms with E-state index in [1.165, 1.54) is 7.11 Å². The predicted octanol–water partition coefficient (Wildman–Crippen LogP) is 4.43. The Kier molecular flexibility index (Phi) is 8.53. The SMILES string of the molecule is CCCCOc1ccccc1C1C(C(=O)OCCC)=C(C)NC2=C1C(=O)C(C(=O)OC)C(C)C2. The zero-order valence-corrected chi connectivity index (χ0v) is 20.7. The molecule has 1 N–H and O–H groups in total. The van der Waals surface area contributed by atoms with Crippen LogP contribution in [0.15, 0.2) is 46.8 Å². The van der Waals surface area contributed by atoms with Crippen molar-refractivity contribution >= 4 is 17.7 Å². The number of carbonyl (C=O) groups excluding carboxylic acids is 3. The fraction of sp³-hybridized carbons (Fsp3) is 0.519. The van der Waals surface area contributed by atoms with E-state index in [-0.39, 0.29) is 18.3 Å². The van der Waals surface area contributed by atoms with E-state index in [1.807, 2.05) is 45.0 Å². The second-order valence-electron chi connectivity index (χ2n) is 8.91. The molecule has 0 fully saturated rings. The van der Waals surface area contributed by atoms with Crippen LogP contribution < -0.4 is 10.1 Å². The second-order valence-corrected chi connectivity index (χ2v) is 8.91. The average molecular weight is 470 g/mol. The number of methoxy groups -OCH3 is 1. The zero-order valence-electron chi connectivity index (χ0n) is 20.7. The van der Waals surface area contributed by atoms with E-state index in [1.54, 1.807) is 0 Å². The van der Waals surface area contributed by atoms with Crippen molar-refractivity contribution < 1.29 is 28.6 Å². The normalized spacial score (nSPS) is 22.1. The topological polar surface area (TPSA) is 90.9 Å².